The standard InChI is InChI=1S/C26H28F2N8O4/c27-18-10-19(28)24(40-15-16(38)14-37)12-22(18)34-6-3-33(4-7-34)5-8-35-25-17(13-30-35)21-11-20(23-2-1-9-39-23)32-36(21)26(29)31-25/h1-2,9-13,16,37-38H,3-8,14-15H2,(H2,29,31). The van der Waals surface area contributed by atoms with Gasteiger partial charge in [0.15, 0.2) is 23.0 Å². The summed E-state index contributed by atoms with van der Waals surface area (Å²) in [6.07, 6.45) is 2.18. The van der Waals surface area contributed by atoms with E-state index >= 15 is 0 Å². The fourth-order valence-electron chi connectivity index (χ4n) is 4.85. The van der Waals surface area contributed by atoms with Crippen LogP contribution in [0.25, 0.3) is 28.0 Å². The van der Waals surface area contributed by atoms with Crippen LogP contribution in [0.15, 0.2) is 47.2 Å². The van der Waals surface area contributed by atoms with Gasteiger partial charge in [-0.1, -0.05) is 0 Å². The van der Waals surface area contributed by atoms with Gasteiger partial charge in [-0.05, 0) is 18.2 Å². The number of benzene rings is 1. The molecule has 5 aromatic rings. The number of piperazine rings is 1. The van der Waals surface area contributed by atoms with E-state index in [1.54, 1.807) is 23.0 Å². The number of ether oxygens (including phenoxy) is 1. The molecule has 0 bridgehead atoms. The number of hydrogen-bond donors (Lipinski definition) is 3. The number of aliphatic hydroxyl groups is 2. The quantitative estimate of drug-likeness (QED) is 0.247. The summed E-state index contributed by atoms with van der Waals surface area (Å²) in [4.78, 5) is 8.60. The van der Waals surface area contributed by atoms with Gasteiger partial charge < -0.3 is 30.0 Å². The molecule has 40 heavy (non-hydrogen) atoms. The molecule has 0 spiro atoms. The highest BCUT2D eigenvalue weighted by molar-refractivity contribution is 5.93. The lowest BCUT2D eigenvalue weighted by molar-refractivity contribution is 0.0523. The molecule has 5 heterocycles. The Hall–Kier alpha value is -4.27. The van der Waals surface area contributed by atoms with Crippen molar-refractivity contribution in [3.8, 4) is 17.2 Å². The Morgan fingerprint density at radius 3 is 2.67 bits per heavy atom. The number of aromatic nitrogens is 5. The van der Waals surface area contributed by atoms with E-state index in [4.69, 9.17) is 20.0 Å². The molecule has 12 nitrogen and oxygen atoms in total. The molecule has 1 fully saturated rings. The summed E-state index contributed by atoms with van der Waals surface area (Å²) < 4.78 is 42.9. The minimum Gasteiger partial charge on any atom is -0.488 e. The van der Waals surface area contributed by atoms with Crippen LogP contribution in [0.4, 0.5) is 20.4 Å². The highest BCUT2D eigenvalue weighted by atomic mass is 19.1. The van der Waals surface area contributed by atoms with Crippen LogP contribution in [0.3, 0.4) is 0 Å². The van der Waals surface area contributed by atoms with E-state index in [-0.39, 0.29) is 24.0 Å². The number of aliphatic hydroxyl groups excluding tert-OH is 2. The zero-order chi connectivity index (χ0) is 27.8. The van der Waals surface area contributed by atoms with E-state index in [1.165, 1.54) is 6.07 Å². The molecule has 6 rings (SSSR count). The van der Waals surface area contributed by atoms with Gasteiger partial charge in [-0.3, -0.25) is 4.90 Å². The number of furan rings is 1. The van der Waals surface area contributed by atoms with Gasteiger partial charge in [0.25, 0.3) is 0 Å². The van der Waals surface area contributed by atoms with Crippen LogP contribution in [0.5, 0.6) is 5.75 Å². The molecule has 1 aliphatic rings. The molecule has 4 aromatic heterocycles. The Labute approximate surface area is 226 Å². The third-order valence-corrected chi connectivity index (χ3v) is 6.99. The van der Waals surface area contributed by atoms with Crippen molar-refractivity contribution in [2.45, 2.75) is 12.6 Å². The van der Waals surface area contributed by atoms with Crippen LogP contribution in [-0.4, -0.2) is 91.5 Å². The Balaban J connectivity index is 1.11. The topological polar surface area (TPSA) is 143 Å². The number of nitrogens with two attached hydrogens (primary N) is 1. The minimum atomic E-state index is -1.15. The highest BCUT2D eigenvalue weighted by Gasteiger charge is 2.23. The van der Waals surface area contributed by atoms with Gasteiger partial charge in [-0.15, -0.1) is 0 Å². The maximum absolute atomic E-state index is 14.6. The summed E-state index contributed by atoms with van der Waals surface area (Å²) in [7, 11) is 0. The summed E-state index contributed by atoms with van der Waals surface area (Å²) in [5.74, 6) is -0.851. The molecule has 0 saturated carbocycles. The van der Waals surface area contributed by atoms with Gasteiger partial charge in [-0.25, -0.2) is 13.5 Å². The normalized spacial score (nSPS) is 15.3. The molecule has 1 saturated heterocycles. The van der Waals surface area contributed by atoms with Gasteiger partial charge >= 0.3 is 0 Å². The Kier molecular flexibility index (Phi) is 6.96. The van der Waals surface area contributed by atoms with Gasteiger partial charge in [0.2, 0.25) is 5.95 Å². The summed E-state index contributed by atoms with van der Waals surface area (Å²) in [5, 5.41) is 28.3. The monoisotopic (exact) mass is 554 g/mol. The van der Waals surface area contributed by atoms with Crippen molar-refractivity contribution in [3.05, 3.63) is 54.4 Å². The molecule has 1 aliphatic heterocycles. The summed E-state index contributed by atoms with van der Waals surface area (Å²) in [6, 6.07) is 7.59. The second kappa shape index (κ2) is 10.7. The molecule has 1 aromatic carbocycles. The molecule has 210 valence electrons. The highest BCUT2D eigenvalue weighted by Crippen LogP contribution is 2.30. The number of fused-ring (bicyclic) bond motifs is 3. The number of nitrogens with zero attached hydrogens (tertiary/aromatic N) is 7. The zero-order valence-electron chi connectivity index (χ0n) is 21.5. The Bertz CT molecular complexity index is 1630. The summed E-state index contributed by atoms with van der Waals surface area (Å²) in [5.41, 5.74) is 8.53. The zero-order valence-corrected chi connectivity index (χ0v) is 21.5. The molecule has 1 unspecified atom stereocenters. The second-order valence-corrected chi connectivity index (χ2v) is 9.59. The van der Waals surface area contributed by atoms with Gasteiger partial charge in [0, 0.05) is 44.9 Å². The van der Waals surface area contributed by atoms with Crippen LogP contribution in [0, 0.1) is 11.6 Å². The van der Waals surface area contributed by atoms with Crippen LogP contribution in [0.2, 0.25) is 0 Å². The predicted molar refractivity (Wildman–Crippen MR) is 142 cm³/mol. The molecule has 14 heteroatoms. The Morgan fingerprint density at radius 2 is 1.93 bits per heavy atom. The maximum atomic E-state index is 14.6. The van der Waals surface area contributed by atoms with Crippen LogP contribution in [0.1, 0.15) is 0 Å². The molecule has 0 amide bonds. The summed E-state index contributed by atoms with van der Waals surface area (Å²) >= 11 is 0. The molecular weight excluding hydrogens is 526 g/mol. The number of halogens is 2. The SMILES string of the molecule is Nc1nc2c(cnn2CCN2CCN(c3cc(OCC(O)CO)c(F)cc3F)CC2)c2cc(-c3ccco3)nn12. The fraction of sp³-hybridized carbons (Fsp3) is 0.346. The number of anilines is 2. The molecule has 1 atom stereocenters. The van der Waals surface area contributed by atoms with Crippen molar-refractivity contribution in [1.29, 1.82) is 0 Å². The third-order valence-electron chi connectivity index (χ3n) is 6.99. The van der Waals surface area contributed by atoms with Gasteiger partial charge in [0.1, 0.15) is 24.2 Å². The first-order valence-corrected chi connectivity index (χ1v) is 12.8. The van der Waals surface area contributed by atoms with E-state index in [2.05, 4.69) is 20.1 Å². The average Bonchev–Trinajstić information content (AvgIpc) is 3.72. The fourth-order valence-corrected chi connectivity index (χ4v) is 4.85. The lowest BCUT2D eigenvalue weighted by atomic mass is 10.2. The van der Waals surface area contributed by atoms with E-state index in [0.717, 1.165) is 17.0 Å². The molecule has 4 N–H and O–H groups in total. The predicted octanol–water partition coefficient (Wildman–Crippen LogP) is 1.75. The maximum Gasteiger partial charge on any atom is 0.223 e. The van der Waals surface area contributed by atoms with Gasteiger partial charge in [0.05, 0.1) is 42.2 Å². The second-order valence-electron chi connectivity index (χ2n) is 9.59. The van der Waals surface area contributed by atoms with Crippen LogP contribution in [-0.2, 0) is 6.54 Å². The van der Waals surface area contributed by atoms with E-state index in [0.29, 0.717) is 56.4 Å². The number of nitrogen functional groups attached to an aromatic ring is 1. The molecule has 0 radical (unpaired) electrons. The van der Waals surface area contributed by atoms with E-state index in [9.17, 15) is 13.9 Å². The molecular formula is C26H28F2N8O4. The van der Waals surface area contributed by atoms with Crippen LogP contribution >= 0.6 is 0 Å². The molecule has 0 aliphatic carbocycles. The van der Waals surface area contributed by atoms with Crippen molar-refractivity contribution in [1.82, 2.24) is 29.3 Å². The third kappa shape index (κ3) is 4.92. The largest absolute Gasteiger partial charge is 0.488 e. The van der Waals surface area contributed by atoms with Gasteiger partial charge in [-0.2, -0.15) is 19.7 Å². The number of hydrogen-bond acceptors (Lipinski definition) is 10. The minimum absolute atomic E-state index is 0.174. The van der Waals surface area contributed by atoms with E-state index in [1.807, 2.05) is 21.7 Å². The first-order chi connectivity index (χ1) is 19.4. The summed E-state index contributed by atoms with van der Waals surface area (Å²) in [6.45, 7) is 2.81. The smallest absolute Gasteiger partial charge is 0.223 e. The Morgan fingerprint density at radius 1 is 1.10 bits per heavy atom. The number of rotatable bonds is 9. The lowest BCUT2D eigenvalue weighted by Gasteiger charge is -2.36. The first-order valence-electron chi connectivity index (χ1n) is 12.8. The lowest BCUT2D eigenvalue weighted by Crippen LogP contribution is -2.47. The van der Waals surface area contributed by atoms with Crippen molar-refractivity contribution in [2.24, 2.45) is 0 Å². The average molecular weight is 555 g/mol. The van der Waals surface area contributed by atoms with Crippen molar-refractivity contribution >= 4 is 28.2 Å². The first kappa shape index (κ1) is 26.0. The van der Waals surface area contributed by atoms with Crippen molar-refractivity contribution in [3.63, 3.8) is 0 Å². The van der Waals surface area contributed by atoms with Crippen molar-refractivity contribution < 1.29 is 28.1 Å². The van der Waals surface area contributed by atoms with E-state index < -0.39 is 24.3 Å². The van der Waals surface area contributed by atoms with Crippen molar-refractivity contribution in [2.75, 3.05) is 56.6 Å². The van der Waals surface area contributed by atoms with Crippen LogP contribution < -0.4 is 15.4 Å².